The summed E-state index contributed by atoms with van der Waals surface area (Å²) >= 11 is 4.65. The van der Waals surface area contributed by atoms with Crippen LogP contribution in [-0.4, -0.2) is 23.5 Å². The molecule has 110 valence electrons. The van der Waals surface area contributed by atoms with Crippen molar-refractivity contribution in [2.75, 3.05) is 17.2 Å². The van der Waals surface area contributed by atoms with Gasteiger partial charge in [-0.3, -0.25) is 10.1 Å². The molecule has 0 aliphatic heterocycles. The first kappa shape index (κ1) is 15.5. The molecule has 0 spiro atoms. The smallest absolute Gasteiger partial charge is 0.321 e. The first-order valence-electron chi connectivity index (χ1n) is 6.13. The number of anilines is 2. The molecule has 0 aliphatic rings. The molecular formula is C13H13BrN4O2S. The molecule has 0 bridgehead atoms. The van der Waals surface area contributed by atoms with E-state index in [-0.39, 0.29) is 24.9 Å². The average Bonchev–Trinajstić information content (AvgIpc) is 2.94. The van der Waals surface area contributed by atoms with Gasteiger partial charge in [-0.15, -0.1) is 11.3 Å². The first-order chi connectivity index (χ1) is 10.1. The van der Waals surface area contributed by atoms with E-state index in [1.807, 2.05) is 12.1 Å². The Hall–Kier alpha value is -1.93. The van der Waals surface area contributed by atoms with Crippen molar-refractivity contribution in [3.63, 3.8) is 0 Å². The zero-order chi connectivity index (χ0) is 15.1. The molecule has 2 rings (SSSR count). The average molecular weight is 369 g/mol. The number of amides is 3. The molecule has 8 heteroatoms. The Morgan fingerprint density at radius 3 is 2.62 bits per heavy atom. The van der Waals surface area contributed by atoms with E-state index >= 15 is 0 Å². The van der Waals surface area contributed by atoms with E-state index < -0.39 is 0 Å². The lowest BCUT2D eigenvalue weighted by molar-refractivity contribution is -0.116. The third kappa shape index (κ3) is 5.52. The predicted octanol–water partition coefficient (Wildman–Crippen LogP) is 3.06. The van der Waals surface area contributed by atoms with Gasteiger partial charge in [-0.05, 0) is 24.3 Å². The van der Waals surface area contributed by atoms with Crippen molar-refractivity contribution >= 4 is 50.0 Å². The minimum Gasteiger partial charge on any atom is -0.337 e. The van der Waals surface area contributed by atoms with Crippen LogP contribution in [0.1, 0.15) is 6.42 Å². The summed E-state index contributed by atoms with van der Waals surface area (Å²) in [6.45, 7) is 0.250. The number of carbonyl (C=O) groups excluding carboxylic acids is 2. The van der Waals surface area contributed by atoms with Crippen LogP contribution in [0.25, 0.3) is 0 Å². The van der Waals surface area contributed by atoms with E-state index in [1.165, 1.54) is 11.3 Å². The second-order valence-electron chi connectivity index (χ2n) is 4.02. The van der Waals surface area contributed by atoms with E-state index in [1.54, 1.807) is 23.7 Å². The van der Waals surface area contributed by atoms with Gasteiger partial charge in [0.1, 0.15) is 0 Å². The van der Waals surface area contributed by atoms with E-state index in [0.29, 0.717) is 5.13 Å². The van der Waals surface area contributed by atoms with Crippen LogP contribution in [0.2, 0.25) is 0 Å². The number of rotatable bonds is 5. The van der Waals surface area contributed by atoms with Gasteiger partial charge in [0.2, 0.25) is 5.91 Å². The number of hydrogen-bond donors (Lipinski definition) is 3. The van der Waals surface area contributed by atoms with Crippen molar-refractivity contribution < 1.29 is 9.59 Å². The summed E-state index contributed by atoms with van der Waals surface area (Å²) in [7, 11) is 0. The highest BCUT2D eigenvalue weighted by molar-refractivity contribution is 9.10. The Bertz CT molecular complexity index is 601. The summed E-state index contributed by atoms with van der Waals surface area (Å²) in [5, 5.41) is 10.2. The largest absolute Gasteiger partial charge is 0.337 e. The van der Waals surface area contributed by atoms with Crippen LogP contribution in [0.3, 0.4) is 0 Å². The summed E-state index contributed by atoms with van der Waals surface area (Å²) in [4.78, 5) is 27.1. The van der Waals surface area contributed by atoms with E-state index in [0.717, 1.165) is 10.2 Å². The fourth-order valence-electron chi connectivity index (χ4n) is 1.47. The summed E-state index contributed by atoms with van der Waals surface area (Å²) in [5.74, 6) is -0.160. The number of nitrogens with one attached hydrogen (secondary N) is 3. The highest BCUT2D eigenvalue weighted by Gasteiger charge is 2.05. The Kier molecular flexibility index (Phi) is 5.70. The Morgan fingerprint density at radius 2 is 1.95 bits per heavy atom. The second kappa shape index (κ2) is 7.75. The quantitative estimate of drug-likeness (QED) is 0.758. The number of nitrogens with zero attached hydrogens (tertiary/aromatic N) is 1. The number of thiazole rings is 1. The molecule has 0 saturated heterocycles. The normalized spacial score (nSPS) is 9.95. The molecule has 1 aromatic heterocycles. The minimum atomic E-state index is -0.374. The number of halogens is 1. The second-order valence-corrected chi connectivity index (χ2v) is 5.83. The maximum atomic E-state index is 11.7. The number of carbonyl (C=O) groups is 2. The minimum absolute atomic E-state index is 0.160. The van der Waals surface area contributed by atoms with E-state index in [9.17, 15) is 9.59 Å². The number of benzene rings is 1. The highest BCUT2D eigenvalue weighted by Crippen LogP contribution is 2.14. The van der Waals surface area contributed by atoms with Gasteiger partial charge < -0.3 is 10.6 Å². The molecule has 0 atom stereocenters. The molecular weight excluding hydrogens is 356 g/mol. The standard InChI is InChI=1S/C13H13BrN4O2S/c14-9-1-3-10(4-2-9)17-11(19)5-6-15-12(20)18-13-16-7-8-21-13/h1-4,7-8H,5-6H2,(H,17,19)(H2,15,16,18,20). The third-order valence-corrected chi connectivity index (χ3v) is 3.64. The fourth-order valence-corrected chi connectivity index (χ4v) is 2.26. The monoisotopic (exact) mass is 368 g/mol. The molecule has 0 fully saturated rings. The van der Waals surface area contributed by atoms with Gasteiger partial charge in [0.05, 0.1) is 0 Å². The Balaban J connectivity index is 1.67. The third-order valence-electron chi connectivity index (χ3n) is 2.42. The predicted molar refractivity (Wildman–Crippen MR) is 86.5 cm³/mol. The molecule has 21 heavy (non-hydrogen) atoms. The molecule has 0 radical (unpaired) electrons. The van der Waals surface area contributed by atoms with Crippen molar-refractivity contribution in [2.45, 2.75) is 6.42 Å². The van der Waals surface area contributed by atoms with Crippen LogP contribution >= 0.6 is 27.3 Å². The number of aromatic nitrogens is 1. The van der Waals surface area contributed by atoms with Crippen molar-refractivity contribution in [2.24, 2.45) is 0 Å². The van der Waals surface area contributed by atoms with Crippen LogP contribution in [0.4, 0.5) is 15.6 Å². The van der Waals surface area contributed by atoms with Gasteiger partial charge in [-0.2, -0.15) is 0 Å². The zero-order valence-corrected chi connectivity index (χ0v) is 13.3. The first-order valence-corrected chi connectivity index (χ1v) is 7.80. The van der Waals surface area contributed by atoms with Gasteiger partial charge in [0.25, 0.3) is 0 Å². The fraction of sp³-hybridized carbons (Fsp3) is 0.154. The van der Waals surface area contributed by atoms with Gasteiger partial charge in [-0.25, -0.2) is 9.78 Å². The maximum Gasteiger partial charge on any atom is 0.321 e. The molecule has 3 amide bonds. The molecule has 2 aromatic rings. The summed E-state index contributed by atoms with van der Waals surface area (Å²) in [6.07, 6.45) is 1.80. The number of urea groups is 1. The Labute approximate surface area is 134 Å². The molecule has 0 saturated carbocycles. The van der Waals surface area contributed by atoms with Gasteiger partial charge >= 0.3 is 6.03 Å². The van der Waals surface area contributed by atoms with Crippen molar-refractivity contribution in [3.05, 3.63) is 40.3 Å². The van der Waals surface area contributed by atoms with Crippen molar-refractivity contribution in [1.82, 2.24) is 10.3 Å². The maximum absolute atomic E-state index is 11.7. The molecule has 0 unspecified atom stereocenters. The van der Waals surface area contributed by atoms with E-state index in [4.69, 9.17) is 0 Å². The lowest BCUT2D eigenvalue weighted by atomic mass is 10.3. The van der Waals surface area contributed by atoms with Gasteiger partial charge in [0.15, 0.2) is 5.13 Å². The molecule has 1 heterocycles. The van der Waals surface area contributed by atoms with Crippen LogP contribution in [-0.2, 0) is 4.79 Å². The molecule has 0 aliphatic carbocycles. The summed E-state index contributed by atoms with van der Waals surface area (Å²) in [6, 6.07) is 6.90. The zero-order valence-electron chi connectivity index (χ0n) is 10.9. The van der Waals surface area contributed by atoms with Crippen molar-refractivity contribution in [3.8, 4) is 0 Å². The van der Waals surface area contributed by atoms with Crippen molar-refractivity contribution in [1.29, 1.82) is 0 Å². The topological polar surface area (TPSA) is 83.1 Å². The van der Waals surface area contributed by atoms with Gasteiger partial charge in [0, 0.05) is 34.7 Å². The lowest BCUT2D eigenvalue weighted by Crippen LogP contribution is -2.31. The van der Waals surface area contributed by atoms with Crippen LogP contribution in [0, 0.1) is 0 Å². The van der Waals surface area contributed by atoms with E-state index in [2.05, 4.69) is 36.9 Å². The molecule has 3 N–H and O–H groups in total. The number of hydrogen-bond acceptors (Lipinski definition) is 4. The molecule has 1 aromatic carbocycles. The summed E-state index contributed by atoms with van der Waals surface area (Å²) < 4.78 is 0.945. The highest BCUT2D eigenvalue weighted by atomic mass is 79.9. The van der Waals surface area contributed by atoms with Crippen LogP contribution in [0.5, 0.6) is 0 Å². The van der Waals surface area contributed by atoms with Crippen LogP contribution in [0.15, 0.2) is 40.3 Å². The Morgan fingerprint density at radius 1 is 1.19 bits per heavy atom. The van der Waals surface area contributed by atoms with Crippen LogP contribution < -0.4 is 16.0 Å². The summed E-state index contributed by atoms with van der Waals surface area (Å²) in [5.41, 5.74) is 0.718. The SMILES string of the molecule is O=C(CCNC(=O)Nc1nccs1)Nc1ccc(Br)cc1. The lowest BCUT2D eigenvalue weighted by Gasteiger charge is -2.07. The molecule has 6 nitrogen and oxygen atoms in total. The van der Waals surface area contributed by atoms with Gasteiger partial charge in [-0.1, -0.05) is 15.9 Å².